The van der Waals surface area contributed by atoms with Crippen molar-refractivity contribution in [1.29, 1.82) is 0 Å². The Morgan fingerprint density at radius 2 is 1.67 bits per heavy atom. The van der Waals surface area contributed by atoms with Crippen LogP contribution >= 0.6 is 0 Å². The number of rotatable bonds is 7. The zero-order valence-corrected chi connectivity index (χ0v) is 16.9. The molecule has 1 fully saturated rings. The third kappa shape index (κ3) is 5.06. The van der Waals surface area contributed by atoms with Crippen LogP contribution in [0.3, 0.4) is 0 Å². The van der Waals surface area contributed by atoms with Gasteiger partial charge in [0.2, 0.25) is 10.0 Å². The predicted octanol–water partition coefficient (Wildman–Crippen LogP) is 2.23. The molecule has 2 heterocycles. The zero-order valence-electron chi connectivity index (χ0n) is 16.1. The number of sulfonamides is 1. The van der Waals surface area contributed by atoms with E-state index >= 15 is 0 Å². The van der Waals surface area contributed by atoms with Crippen LogP contribution in [0.2, 0.25) is 0 Å². The highest BCUT2D eigenvalue weighted by atomic mass is 32.2. The molecule has 1 aromatic carbocycles. The first-order chi connectivity index (χ1) is 13.0. The number of benzene rings is 1. The monoisotopic (exact) mass is 388 g/mol. The van der Waals surface area contributed by atoms with Gasteiger partial charge >= 0.3 is 0 Å². The molecule has 27 heavy (non-hydrogen) atoms. The van der Waals surface area contributed by atoms with Crippen molar-refractivity contribution in [3.05, 3.63) is 53.7 Å². The molecule has 1 saturated heterocycles. The van der Waals surface area contributed by atoms with Gasteiger partial charge in [0, 0.05) is 38.9 Å². The number of pyridine rings is 1. The van der Waals surface area contributed by atoms with Crippen molar-refractivity contribution in [2.75, 3.05) is 45.1 Å². The first-order valence-corrected chi connectivity index (χ1v) is 10.9. The molecular weight excluding hydrogens is 360 g/mol. The summed E-state index contributed by atoms with van der Waals surface area (Å²) < 4.78 is 26.9. The summed E-state index contributed by atoms with van der Waals surface area (Å²) in [5, 5.41) is 3.26. The molecule has 0 saturated carbocycles. The largest absolute Gasteiger partial charge is 0.370 e. The van der Waals surface area contributed by atoms with E-state index in [0.29, 0.717) is 18.9 Å². The highest BCUT2D eigenvalue weighted by Crippen LogP contribution is 2.18. The lowest BCUT2D eigenvalue weighted by Gasteiger charge is -2.31. The number of nitrogens with zero attached hydrogens (tertiary/aromatic N) is 3. The van der Waals surface area contributed by atoms with E-state index in [2.05, 4.69) is 46.4 Å². The molecule has 3 rings (SSSR count). The van der Waals surface area contributed by atoms with Crippen LogP contribution < -0.4 is 5.32 Å². The molecule has 146 valence electrons. The fraction of sp³-hybridized carbons (Fsp3) is 0.450. The third-order valence-electron chi connectivity index (χ3n) is 4.99. The summed E-state index contributed by atoms with van der Waals surface area (Å²) in [6.45, 7) is 5.46. The molecule has 0 unspecified atom stereocenters. The van der Waals surface area contributed by atoms with E-state index in [9.17, 15) is 8.42 Å². The van der Waals surface area contributed by atoms with Crippen LogP contribution in [-0.4, -0.2) is 62.4 Å². The Morgan fingerprint density at radius 3 is 2.26 bits per heavy atom. The lowest BCUT2D eigenvalue weighted by atomic mass is 10.1. The van der Waals surface area contributed by atoms with Crippen molar-refractivity contribution in [2.24, 2.45) is 0 Å². The number of hydrogen-bond donors (Lipinski definition) is 1. The van der Waals surface area contributed by atoms with Crippen molar-refractivity contribution in [3.63, 3.8) is 0 Å². The second-order valence-electron chi connectivity index (χ2n) is 6.93. The van der Waals surface area contributed by atoms with E-state index in [-0.39, 0.29) is 4.90 Å². The van der Waals surface area contributed by atoms with Crippen LogP contribution in [0.25, 0.3) is 0 Å². The molecule has 0 radical (unpaired) electrons. The zero-order chi connectivity index (χ0) is 19.3. The van der Waals surface area contributed by atoms with Crippen LogP contribution in [0.5, 0.6) is 0 Å². The Labute approximate surface area is 162 Å². The molecule has 0 bridgehead atoms. The van der Waals surface area contributed by atoms with E-state index in [4.69, 9.17) is 0 Å². The summed E-state index contributed by atoms with van der Waals surface area (Å²) >= 11 is 0. The van der Waals surface area contributed by atoms with Crippen molar-refractivity contribution in [1.82, 2.24) is 14.2 Å². The Bertz CT molecular complexity index is 827. The van der Waals surface area contributed by atoms with Crippen LogP contribution in [-0.2, 0) is 22.9 Å². The van der Waals surface area contributed by atoms with Crippen molar-refractivity contribution >= 4 is 15.8 Å². The SMILES string of the molecule is CCc1ccc(CCNc2ccc(S(=O)(=O)N3CCN(C)CC3)cn2)cc1. The second kappa shape index (κ2) is 8.82. The van der Waals surface area contributed by atoms with Gasteiger partial charge in [-0.25, -0.2) is 13.4 Å². The van der Waals surface area contributed by atoms with Gasteiger partial charge < -0.3 is 10.2 Å². The molecule has 1 aliphatic heterocycles. The molecule has 7 heteroatoms. The van der Waals surface area contributed by atoms with Gasteiger partial charge in [-0.3, -0.25) is 0 Å². The van der Waals surface area contributed by atoms with Gasteiger partial charge in [0.1, 0.15) is 10.7 Å². The van der Waals surface area contributed by atoms with E-state index in [0.717, 1.165) is 32.5 Å². The summed E-state index contributed by atoms with van der Waals surface area (Å²) in [6, 6.07) is 12.0. The molecule has 0 atom stereocenters. The molecule has 0 aliphatic carbocycles. The van der Waals surface area contributed by atoms with Gasteiger partial charge in [0.25, 0.3) is 0 Å². The fourth-order valence-corrected chi connectivity index (χ4v) is 4.46. The molecule has 6 nitrogen and oxygen atoms in total. The molecule has 0 amide bonds. The molecule has 1 aliphatic rings. The van der Waals surface area contributed by atoms with E-state index in [1.165, 1.54) is 21.6 Å². The van der Waals surface area contributed by atoms with Crippen LogP contribution in [0.4, 0.5) is 5.82 Å². The Hall–Kier alpha value is -1.96. The number of aromatic nitrogens is 1. The molecule has 0 spiro atoms. The highest BCUT2D eigenvalue weighted by molar-refractivity contribution is 7.89. The summed E-state index contributed by atoms with van der Waals surface area (Å²) in [5.74, 6) is 0.692. The molecule has 1 N–H and O–H groups in total. The number of likely N-dealkylation sites (N-methyl/N-ethyl adjacent to an activating group) is 1. The third-order valence-corrected chi connectivity index (χ3v) is 6.87. The summed E-state index contributed by atoms with van der Waals surface area (Å²) in [7, 11) is -1.45. The maximum atomic E-state index is 12.7. The van der Waals surface area contributed by atoms with E-state index < -0.39 is 10.0 Å². The minimum absolute atomic E-state index is 0.257. The maximum absolute atomic E-state index is 12.7. The van der Waals surface area contributed by atoms with Crippen LogP contribution in [0.1, 0.15) is 18.1 Å². The highest BCUT2D eigenvalue weighted by Gasteiger charge is 2.27. The minimum Gasteiger partial charge on any atom is -0.370 e. The molecule has 2 aromatic rings. The fourth-order valence-electron chi connectivity index (χ4n) is 3.09. The second-order valence-corrected chi connectivity index (χ2v) is 8.87. The quantitative estimate of drug-likeness (QED) is 0.788. The number of anilines is 1. The van der Waals surface area contributed by atoms with E-state index in [1.807, 2.05) is 7.05 Å². The standard InChI is InChI=1S/C20H28N4O2S/c1-3-17-4-6-18(7-5-17)10-11-21-20-9-8-19(16-22-20)27(25,26)24-14-12-23(2)13-15-24/h4-9,16H,3,10-15H2,1-2H3,(H,21,22). The Kier molecular flexibility index (Phi) is 6.46. The van der Waals surface area contributed by atoms with Gasteiger partial charge in [0.05, 0.1) is 0 Å². The van der Waals surface area contributed by atoms with Crippen molar-refractivity contribution in [2.45, 2.75) is 24.7 Å². The Morgan fingerprint density at radius 1 is 1.00 bits per heavy atom. The van der Waals surface area contributed by atoms with Gasteiger partial charge in [-0.05, 0) is 43.1 Å². The van der Waals surface area contributed by atoms with Crippen LogP contribution in [0.15, 0.2) is 47.5 Å². The maximum Gasteiger partial charge on any atom is 0.244 e. The van der Waals surface area contributed by atoms with Gasteiger partial charge in [-0.1, -0.05) is 31.2 Å². The lowest BCUT2D eigenvalue weighted by molar-refractivity contribution is 0.222. The van der Waals surface area contributed by atoms with Gasteiger partial charge in [-0.15, -0.1) is 0 Å². The van der Waals surface area contributed by atoms with Gasteiger partial charge in [0.15, 0.2) is 0 Å². The minimum atomic E-state index is -3.46. The number of piperazine rings is 1. The van der Waals surface area contributed by atoms with Crippen molar-refractivity contribution in [3.8, 4) is 0 Å². The molecular formula is C20H28N4O2S. The number of nitrogens with one attached hydrogen (secondary N) is 1. The smallest absolute Gasteiger partial charge is 0.244 e. The first-order valence-electron chi connectivity index (χ1n) is 9.45. The summed E-state index contributed by atoms with van der Waals surface area (Å²) in [4.78, 5) is 6.68. The number of aryl methyl sites for hydroxylation is 1. The lowest BCUT2D eigenvalue weighted by Crippen LogP contribution is -2.47. The summed E-state index contributed by atoms with van der Waals surface area (Å²) in [6.07, 6.45) is 3.39. The molecule has 1 aromatic heterocycles. The topological polar surface area (TPSA) is 65.5 Å². The average molecular weight is 389 g/mol. The van der Waals surface area contributed by atoms with Crippen LogP contribution in [0, 0.1) is 0 Å². The summed E-state index contributed by atoms with van der Waals surface area (Å²) in [5.41, 5.74) is 2.61. The van der Waals surface area contributed by atoms with Gasteiger partial charge in [-0.2, -0.15) is 4.31 Å². The first kappa shape index (κ1) is 19.8. The normalized spacial score (nSPS) is 16.4. The van der Waals surface area contributed by atoms with E-state index in [1.54, 1.807) is 12.1 Å². The Balaban J connectivity index is 1.55. The predicted molar refractivity (Wildman–Crippen MR) is 109 cm³/mol. The van der Waals surface area contributed by atoms with Crippen molar-refractivity contribution < 1.29 is 8.42 Å². The number of hydrogen-bond acceptors (Lipinski definition) is 5. The average Bonchev–Trinajstić information content (AvgIpc) is 2.69.